The average molecular weight is 687 g/mol. The summed E-state index contributed by atoms with van der Waals surface area (Å²) in [6.07, 6.45) is 1.81. The monoisotopic (exact) mass is 686 g/mol. The molecule has 0 aliphatic rings. The molecule has 0 saturated carbocycles. The van der Waals surface area contributed by atoms with E-state index >= 15 is 0 Å². The molecule has 4 aromatic heterocycles. The van der Waals surface area contributed by atoms with Gasteiger partial charge in [0.1, 0.15) is 5.82 Å². The molecule has 6 heteroatoms. The third-order valence-corrected chi connectivity index (χ3v) is 8.72. The molecular weight excluding hydrogens is 659 g/mol. The minimum atomic E-state index is -0.0511. The Kier molecular flexibility index (Phi) is 6.51. The zero-order valence-corrected chi connectivity index (χ0v) is 27.0. The van der Waals surface area contributed by atoms with Crippen LogP contribution in [0, 0.1) is 12.1 Å². The van der Waals surface area contributed by atoms with Crippen molar-refractivity contribution in [2.24, 2.45) is 0 Å². The van der Waals surface area contributed by atoms with Gasteiger partial charge in [-0.3, -0.25) is 4.98 Å². The second kappa shape index (κ2) is 10.5. The van der Waals surface area contributed by atoms with E-state index in [0.717, 1.165) is 55.1 Å². The van der Waals surface area contributed by atoms with Gasteiger partial charge in [-0.1, -0.05) is 97.7 Å². The molecule has 0 atom stereocenters. The number of ether oxygens (including phenoxy) is 1. The minimum Gasteiger partial charge on any atom is -0.503 e. The van der Waals surface area contributed by atoms with Crippen LogP contribution in [0.25, 0.3) is 66.0 Å². The molecule has 5 aromatic carbocycles. The van der Waals surface area contributed by atoms with Crippen LogP contribution in [0.4, 0.5) is 0 Å². The number of nitrogens with zero attached hydrogens (tertiary/aromatic N) is 4. The van der Waals surface area contributed by atoms with Gasteiger partial charge >= 0.3 is 20.4 Å². The van der Waals surface area contributed by atoms with Crippen LogP contribution < -0.4 is 4.74 Å². The molecule has 9 rings (SSSR count). The van der Waals surface area contributed by atoms with E-state index in [2.05, 4.69) is 120 Å². The number of pyridine rings is 2. The number of fused-ring (bicyclic) bond motifs is 11. The van der Waals surface area contributed by atoms with Gasteiger partial charge in [0, 0.05) is 28.7 Å². The Morgan fingerprint density at radius 2 is 1.37 bits per heavy atom. The van der Waals surface area contributed by atoms with Gasteiger partial charge in [0.05, 0.1) is 16.7 Å². The number of hydrogen-bond donors (Lipinski definition) is 0. The Balaban J connectivity index is 0.00000312. The first-order chi connectivity index (χ1) is 22.0. The van der Waals surface area contributed by atoms with Crippen LogP contribution >= 0.6 is 0 Å². The van der Waals surface area contributed by atoms with Crippen molar-refractivity contribution in [3.8, 4) is 17.3 Å². The van der Waals surface area contributed by atoms with Crippen molar-refractivity contribution >= 4 is 60.2 Å². The Labute approximate surface area is 279 Å². The maximum atomic E-state index is 6.51. The summed E-state index contributed by atoms with van der Waals surface area (Å²) in [6, 6.07) is 44.6. The molecule has 0 N–H and O–H groups in total. The van der Waals surface area contributed by atoms with Gasteiger partial charge in [0.25, 0.3) is 0 Å². The molecule has 0 unspecified atom stereocenters. The average Bonchev–Trinajstić information content (AvgIpc) is 3.61. The summed E-state index contributed by atoms with van der Waals surface area (Å²) in [4.78, 5) is 9.78. The minimum absolute atomic E-state index is 0. The zero-order chi connectivity index (χ0) is 30.3. The molecule has 0 amide bonds. The van der Waals surface area contributed by atoms with E-state index in [-0.39, 0.29) is 25.8 Å². The third-order valence-electron chi connectivity index (χ3n) is 8.72. The number of para-hydroxylation sites is 4. The van der Waals surface area contributed by atoms with Crippen LogP contribution in [0.15, 0.2) is 115 Å². The molecule has 5 nitrogen and oxygen atoms in total. The number of hydrogen-bond acceptors (Lipinski definition) is 3. The first-order valence-corrected chi connectivity index (χ1v) is 15.2. The van der Waals surface area contributed by atoms with Crippen molar-refractivity contribution in [1.82, 2.24) is 18.9 Å². The van der Waals surface area contributed by atoms with Gasteiger partial charge in [0.2, 0.25) is 0 Å². The molecule has 9 aromatic rings. The SMILES string of the molecule is CC(C)(C)c1cccc2c3ccc(Oc4[c-]c5c(cc4)c4ccccc4n5-c4ccccn4)[c-]c3c3nc4ccccc4n3c12.[Pd+2]. The Bertz CT molecular complexity index is 2610. The molecule has 0 fully saturated rings. The van der Waals surface area contributed by atoms with Crippen molar-refractivity contribution in [3.63, 3.8) is 0 Å². The normalized spacial score (nSPS) is 12.1. The summed E-state index contributed by atoms with van der Waals surface area (Å²) in [5, 5.41) is 5.43. The Morgan fingerprint density at radius 3 is 2.17 bits per heavy atom. The fourth-order valence-corrected chi connectivity index (χ4v) is 6.74. The van der Waals surface area contributed by atoms with E-state index in [1.165, 1.54) is 16.5 Å². The van der Waals surface area contributed by atoms with Gasteiger partial charge in [-0.25, -0.2) is 4.98 Å². The van der Waals surface area contributed by atoms with E-state index in [4.69, 9.17) is 9.72 Å². The number of benzene rings is 5. The van der Waals surface area contributed by atoms with E-state index in [9.17, 15) is 0 Å². The van der Waals surface area contributed by atoms with Crippen molar-refractivity contribution in [2.45, 2.75) is 26.2 Å². The van der Waals surface area contributed by atoms with E-state index < -0.39 is 0 Å². The molecule has 224 valence electrons. The topological polar surface area (TPSA) is 44.3 Å². The second-order valence-electron chi connectivity index (χ2n) is 12.5. The van der Waals surface area contributed by atoms with Gasteiger partial charge in [-0.2, -0.15) is 6.07 Å². The molecule has 0 bridgehead atoms. The largest absolute Gasteiger partial charge is 2.00 e. The molecular formula is C40H28N4OPd. The summed E-state index contributed by atoms with van der Waals surface area (Å²) in [5.41, 5.74) is 7.31. The third kappa shape index (κ3) is 4.25. The molecule has 0 saturated heterocycles. The van der Waals surface area contributed by atoms with Crippen LogP contribution in [-0.2, 0) is 25.8 Å². The van der Waals surface area contributed by atoms with Crippen molar-refractivity contribution in [3.05, 3.63) is 133 Å². The summed E-state index contributed by atoms with van der Waals surface area (Å²) in [5.74, 6) is 2.06. The standard InChI is InChI=1S/C40H28N4O.Pd/c1-40(2,3)32-13-10-12-30-27-20-18-25(23-31(27)39-42-33-14-5-7-16-35(33)44(39)38(30)32)45-26-19-21-29-28-11-4-6-15-34(28)43(36(29)24-26)37-17-8-9-22-41-37;/h4-22H,1-3H3;/q-2;+2. The zero-order valence-electron chi connectivity index (χ0n) is 25.5. The first kappa shape index (κ1) is 28.5. The fraction of sp³-hybridized carbons (Fsp3) is 0.100. The maximum Gasteiger partial charge on any atom is 2.00 e. The number of imidazole rings is 1. The van der Waals surface area contributed by atoms with Gasteiger partial charge < -0.3 is 13.7 Å². The van der Waals surface area contributed by atoms with E-state index in [0.29, 0.717) is 11.5 Å². The quantitative estimate of drug-likeness (QED) is 0.106. The van der Waals surface area contributed by atoms with Crippen molar-refractivity contribution in [1.29, 1.82) is 0 Å². The molecule has 0 aliphatic carbocycles. The summed E-state index contributed by atoms with van der Waals surface area (Å²) in [6.45, 7) is 6.79. The maximum absolute atomic E-state index is 6.51. The molecule has 0 radical (unpaired) electrons. The molecule has 46 heavy (non-hydrogen) atoms. The summed E-state index contributed by atoms with van der Waals surface area (Å²) < 4.78 is 11.0. The predicted octanol–water partition coefficient (Wildman–Crippen LogP) is 9.97. The van der Waals surface area contributed by atoms with Crippen LogP contribution in [0.3, 0.4) is 0 Å². The van der Waals surface area contributed by atoms with Crippen molar-refractivity contribution in [2.75, 3.05) is 0 Å². The van der Waals surface area contributed by atoms with Gasteiger partial charge in [0.15, 0.2) is 0 Å². The summed E-state index contributed by atoms with van der Waals surface area (Å²) >= 11 is 0. The van der Waals surface area contributed by atoms with Gasteiger partial charge in [-0.15, -0.1) is 29.7 Å². The second-order valence-corrected chi connectivity index (χ2v) is 12.5. The van der Waals surface area contributed by atoms with Crippen LogP contribution in [0.1, 0.15) is 26.3 Å². The first-order valence-electron chi connectivity index (χ1n) is 15.2. The molecule has 0 spiro atoms. The van der Waals surface area contributed by atoms with Crippen LogP contribution in [-0.4, -0.2) is 18.9 Å². The van der Waals surface area contributed by atoms with Gasteiger partial charge in [-0.05, 0) is 52.1 Å². The number of aromatic nitrogens is 4. The molecule has 4 heterocycles. The summed E-state index contributed by atoms with van der Waals surface area (Å²) in [7, 11) is 0. The fourth-order valence-electron chi connectivity index (χ4n) is 6.74. The predicted molar refractivity (Wildman–Crippen MR) is 183 cm³/mol. The Hall–Kier alpha value is -5.02. The van der Waals surface area contributed by atoms with E-state index in [1.54, 1.807) is 0 Å². The number of rotatable bonds is 3. The van der Waals surface area contributed by atoms with Crippen molar-refractivity contribution < 1.29 is 25.2 Å². The Morgan fingerprint density at radius 1 is 0.652 bits per heavy atom. The molecule has 0 aliphatic heterocycles. The van der Waals surface area contributed by atoms with E-state index in [1.807, 2.05) is 42.6 Å². The smallest absolute Gasteiger partial charge is 0.503 e. The van der Waals surface area contributed by atoms with Crippen LogP contribution in [0.2, 0.25) is 0 Å². The van der Waals surface area contributed by atoms with Crippen LogP contribution in [0.5, 0.6) is 11.5 Å².